The van der Waals surface area contributed by atoms with Crippen molar-refractivity contribution in [2.45, 2.75) is 16.7 Å². The molecule has 0 saturated heterocycles. The molecule has 0 saturated carbocycles. The number of halogens is 1. The van der Waals surface area contributed by atoms with Crippen molar-refractivity contribution in [1.29, 1.82) is 0 Å². The third-order valence-corrected chi connectivity index (χ3v) is 7.68. The Bertz CT molecular complexity index is 1750. The van der Waals surface area contributed by atoms with Gasteiger partial charge < -0.3 is 11.1 Å². The molecule has 0 aliphatic heterocycles. The fourth-order valence-corrected chi connectivity index (χ4v) is 5.44. The molecule has 15 heteroatoms. The van der Waals surface area contributed by atoms with Gasteiger partial charge in [0.1, 0.15) is 9.79 Å². The number of nitrogens with two attached hydrogens (primary N) is 1. The van der Waals surface area contributed by atoms with Crippen LogP contribution >= 0.6 is 11.8 Å². The zero-order chi connectivity index (χ0) is 27.4. The fourth-order valence-electron chi connectivity index (χ4n) is 3.89. The minimum Gasteiger partial charge on any atom is -0.397 e. The van der Waals surface area contributed by atoms with Crippen molar-refractivity contribution in [3.05, 3.63) is 70.8 Å². The summed E-state index contributed by atoms with van der Waals surface area (Å²) in [5.74, 6) is -2.23. The van der Waals surface area contributed by atoms with Gasteiger partial charge in [0, 0.05) is 35.5 Å². The summed E-state index contributed by atoms with van der Waals surface area (Å²) < 4.78 is 67.9. The van der Waals surface area contributed by atoms with Crippen LogP contribution in [0.1, 0.15) is 38.8 Å². The maximum absolute atomic E-state index is 13.4. The van der Waals surface area contributed by atoms with E-state index in [9.17, 15) is 40.3 Å². The highest BCUT2D eigenvalue weighted by Crippen LogP contribution is 2.40. The van der Waals surface area contributed by atoms with Gasteiger partial charge in [-0.1, -0.05) is 24.3 Å². The van der Waals surface area contributed by atoms with Gasteiger partial charge in [-0.05, 0) is 24.3 Å². The number of hydrogen-bond donors (Lipinski definition) is 4. The van der Waals surface area contributed by atoms with Crippen LogP contribution in [0.25, 0.3) is 0 Å². The summed E-state index contributed by atoms with van der Waals surface area (Å²) in [5.41, 5.74) is 3.62. The Hall–Kier alpha value is -3.82. The second-order valence-electron chi connectivity index (χ2n) is 7.85. The zero-order valence-electron chi connectivity index (χ0n) is 18.6. The SMILES string of the molecule is CC(=O)N(Cl)c1ccc(Nc2cc(S(=O)(=O)O)c(N)c3c2C(=O)c2ccccc2C3=O)cc1S(=O)(=O)O. The van der Waals surface area contributed by atoms with Gasteiger partial charge in [0.2, 0.25) is 5.91 Å². The number of nitrogens with one attached hydrogen (secondary N) is 1. The Labute approximate surface area is 215 Å². The maximum atomic E-state index is 13.4. The van der Waals surface area contributed by atoms with E-state index >= 15 is 0 Å². The lowest BCUT2D eigenvalue weighted by Crippen LogP contribution is -2.25. The minimum absolute atomic E-state index is 0.00951. The van der Waals surface area contributed by atoms with E-state index in [1.54, 1.807) is 0 Å². The molecule has 0 heterocycles. The lowest BCUT2D eigenvalue weighted by molar-refractivity contribution is -0.115. The number of nitrogens with zero attached hydrogens (tertiary/aromatic N) is 1. The molecular formula is C22H16ClN3O9S2. The van der Waals surface area contributed by atoms with Gasteiger partial charge >= 0.3 is 0 Å². The van der Waals surface area contributed by atoms with Gasteiger partial charge in [-0.25, -0.2) is 4.42 Å². The molecule has 0 fully saturated rings. The number of hydrogen-bond acceptors (Lipinski definition) is 9. The Balaban J connectivity index is 1.98. The predicted octanol–water partition coefficient (Wildman–Crippen LogP) is 2.79. The van der Waals surface area contributed by atoms with Gasteiger partial charge in [-0.15, -0.1) is 0 Å². The van der Waals surface area contributed by atoms with Crippen molar-refractivity contribution in [3.63, 3.8) is 0 Å². The van der Waals surface area contributed by atoms with Crippen molar-refractivity contribution >= 4 is 72.2 Å². The van der Waals surface area contributed by atoms with Crippen LogP contribution in [-0.2, 0) is 25.0 Å². The van der Waals surface area contributed by atoms with Crippen LogP contribution in [-0.4, -0.2) is 43.4 Å². The van der Waals surface area contributed by atoms with Gasteiger partial charge in [0.25, 0.3) is 20.2 Å². The number of fused-ring (bicyclic) bond motifs is 2. The molecular weight excluding hydrogens is 550 g/mol. The maximum Gasteiger partial charge on any atom is 0.296 e. The average molecular weight is 566 g/mol. The summed E-state index contributed by atoms with van der Waals surface area (Å²) in [4.78, 5) is 36.6. The highest BCUT2D eigenvalue weighted by atomic mass is 35.5. The molecule has 0 bridgehead atoms. The Morgan fingerprint density at radius 1 is 0.892 bits per heavy atom. The molecule has 4 rings (SSSR count). The van der Waals surface area contributed by atoms with E-state index < -0.39 is 58.8 Å². The van der Waals surface area contributed by atoms with Gasteiger partial charge in [-0.3, -0.25) is 23.5 Å². The lowest BCUT2D eigenvalue weighted by atomic mass is 9.82. The van der Waals surface area contributed by atoms with Crippen LogP contribution in [0.3, 0.4) is 0 Å². The number of carbonyl (C=O) groups excluding carboxylic acids is 3. The van der Waals surface area contributed by atoms with Crippen LogP contribution in [0.4, 0.5) is 22.7 Å². The number of amides is 1. The highest BCUT2D eigenvalue weighted by molar-refractivity contribution is 7.86. The number of rotatable bonds is 5. The summed E-state index contributed by atoms with van der Waals surface area (Å²) in [6, 6.07) is 9.71. The van der Waals surface area contributed by atoms with E-state index in [0.29, 0.717) is 4.42 Å². The number of nitrogen functional groups attached to an aromatic ring is 1. The third-order valence-electron chi connectivity index (χ3n) is 5.48. The van der Waals surface area contributed by atoms with E-state index in [1.165, 1.54) is 30.3 Å². The number of ketones is 2. The molecule has 3 aromatic rings. The quantitative estimate of drug-likeness (QED) is 0.157. The fraction of sp³-hybridized carbons (Fsp3) is 0.0455. The average Bonchev–Trinajstić information content (AvgIpc) is 2.81. The largest absolute Gasteiger partial charge is 0.397 e. The lowest BCUT2D eigenvalue weighted by Gasteiger charge is -2.24. The Morgan fingerprint density at radius 2 is 1.43 bits per heavy atom. The van der Waals surface area contributed by atoms with Crippen molar-refractivity contribution < 1.29 is 40.3 Å². The Kier molecular flexibility index (Phi) is 6.34. The van der Waals surface area contributed by atoms with Crippen molar-refractivity contribution in [1.82, 2.24) is 0 Å². The molecule has 0 atom stereocenters. The number of carbonyl (C=O) groups is 3. The number of benzene rings is 3. The van der Waals surface area contributed by atoms with E-state index in [1.807, 2.05) is 0 Å². The van der Waals surface area contributed by atoms with Crippen molar-refractivity contribution in [3.8, 4) is 0 Å². The predicted molar refractivity (Wildman–Crippen MR) is 133 cm³/mol. The summed E-state index contributed by atoms with van der Waals surface area (Å²) in [5, 5.41) is 2.64. The monoisotopic (exact) mass is 565 g/mol. The third kappa shape index (κ3) is 4.56. The summed E-state index contributed by atoms with van der Waals surface area (Å²) >= 11 is 5.83. The number of anilines is 4. The van der Waals surface area contributed by atoms with E-state index in [4.69, 9.17) is 17.5 Å². The summed E-state index contributed by atoms with van der Waals surface area (Å²) in [6.07, 6.45) is 0. The van der Waals surface area contributed by atoms with Crippen LogP contribution in [0.15, 0.2) is 58.3 Å². The van der Waals surface area contributed by atoms with Crippen LogP contribution in [0.5, 0.6) is 0 Å². The van der Waals surface area contributed by atoms with E-state index in [0.717, 1.165) is 25.1 Å². The standard InChI is InChI=1S/C22H16ClN3O9S2/c1-10(27)26(23)15-7-6-11(8-16(15)36(30,31)32)25-14-9-17(37(33,34)35)20(24)19-18(14)21(28)12-4-2-3-5-13(12)22(19)29/h2-9,25H,24H2,1H3,(H,30,31,32)(H,33,34,35). The zero-order valence-corrected chi connectivity index (χ0v) is 21.0. The van der Waals surface area contributed by atoms with Gasteiger partial charge in [0.05, 0.1) is 28.2 Å². The van der Waals surface area contributed by atoms with Crippen LogP contribution in [0, 0.1) is 0 Å². The molecule has 37 heavy (non-hydrogen) atoms. The Morgan fingerprint density at radius 3 is 1.95 bits per heavy atom. The topological polar surface area (TPSA) is 201 Å². The van der Waals surface area contributed by atoms with Crippen molar-refractivity contribution in [2.75, 3.05) is 15.5 Å². The van der Waals surface area contributed by atoms with Gasteiger partial charge in [0.15, 0.2) is 11.6 Å². The normalized spacial score (nSPS) is 13.1. The molecule has 1 aliphatic rings. The molecule has 192 valence electrons. The molecule has 5 N–H and O–H groups in total. The molecule has 12 nitrogen and oxygen atoms in total. The summed E-state index contributed by atoms with van der Waals surface area (Å²) in [7, 11) is -9.92. The van der Waals surface area contributed by atoms with Crippen LogP contribution in [0.2, 0.25) is 0 Å². The first kappa shape index (κ1) is 26.2. The van der Waals surface area contributed by atoms with Crippen LogP contribution < -0.4 is 15.5 Å². The smallest absolute Gasteiger partial charge is 0.296 e. The first-order chi connectivity index (χ1) is 17.1. The van der Waals surface area contributed by atoms with E-state index in [2.05, 4.69) is 5.32 Å². The molecule has 1 amide bonds. The minimum atomic E-state index is -4.98. The van der Waals surface area contributed by atoms with Gasteiger partial charge in [-0.2, -0.15) is 16.8 Å². The van der Waals surface area contributed by atoms with E-state index in [-0.39, 0.29) is 33.8 Å². The molecule has 3 aromatic carbocycles. The first-order valence-electron chi connectivity index (χ1n) is 10.1. The molecule has 0 radical (unpaired) electrons. The molecule has 0 aromatic heterocycles. The first-order valence-corrected chi connectivity index (χ1v) is 13.3. The molecule has 0 spiro atoms. The molecule has 0 unspecified atom stereocenters. The second kappa shape index (κ2) is 8.93. The summed E-state index contributed by atoms with van der Waals surface area (Å²) in [6.45, 7) is 1.05. The second-order valence-corrected chi connectivity index (χ2v) is 11.0. The highest BCUT2D eigenvalue weighted by Gasteiger charge is 2.36. The van der Waals surface area contributed by atoms with Crippen molar-refractivity contribution in [2.24, 2.45) is 0 Å². The molecule has 1 aliphatic carbocycles.